The summed E-state index contributed by atoms with van der Waals surface area (Å²) >= 11 is 0. The third-order valence-corrected chi connectivity index (χ3v) is 4.17. The molecule has 1 unspecified atom stereocenters. The molecule has 0 amide bonds. The Kier molecular flexibility index (Phi) is 3.42. The molecule has 2 rings (SSSR count). The smallest absolute Gasteiger partial charge is 0.166 e. The maximum absolute atomic E-state index is 12.0. The van der Waals surface area contributed by atoms with Crippen LogP contribution in [0.1, 0.15) is 44.9 Å². The van der Waals surface area contributed by atoms with Crippen molar-refractivity contribution in [3.05, 3.63) is 0 Å². The van der Waals surface area contributed by atoms with Crippen LogP contribution in [0.4, 0.5) is 0 Å². The fraction of sp³-hybridized carbons (Fsp3) is 0.917. The number of carbonyl (C=O) groups is 1. The number of carbonyl (C=O) groups excluding carboxylic acids is 1. The minimum absolute atomic E-state index is 0.198. The van der Waals surface area contributed by atoms with Crippen molar-refractivity contribution in [2.75, 3.05) is 13.1 Å². The predicted molar refractivity (Wildman–Crippen MR) is 60.6 cm³/mol. The second-order valence-corrected chi connectivity index (χ2v) is 4.96. The average Bonchev–Trinajstić information content (AvgIpc) is 2.79. The Hall–Kier alpha value is -0.410. The summed E-state index contributed by atoms with van der Waals surface area (Å²) < 4.78 is 0. The van der Waals surface area contributed by atoms with Crippen molar-refractivity contribution in [2.24, 2.45) is 11.7 Å². The van der Waals surface area contributed by atoms with Crippen molar-refractivity contribution in [3.8, 4) is 0 Å². The highest BCUT2D eigenvalue weighted by molar-refractivity contribution is 5.90. The van der Waals surface area contributed by atoms with E-state index in [1.807, 2.05) is 0 Å². The number of Topliss-reactive ketones (excluding diaryl/α,β-unsaturated/α-hetero) is 1. The van der Waals surface area contributed by atoms with E-state index in [0.29, 0.717) is 5.92 Å². The van der Waals surface area contributed by atoms with E-state index in [1.165, 1.54) is 32.1 Å². The Labute approximate surface area is 91.8 Å². The second kappa shape index (κ2) is 4.62. The van der Waals surface area contributed by atoms with E-state index in [9.17, 15) is 4.79 Å². The van der Waals surface area contributed by atoms with Gasteiger partial charge in [-0.1, -0.05) is 19.3 Å². The van der Waals surface area contributed by atoms with Crippen LogP contribution < -0.4 is 11.1 Å². The van der Waals surface area contributed by atoms with Crippen molar-refractivity contribution >= 4 is 5.78 Å². The van der Waals surface area contributed by atoms with Gasteiger partial charge in [-0.2, -0.15) is 0 Å². The Morgan fingerprint density at radius 2 is 2.00 bits per heavy atom. The molecule has 0 aromatic rings. The summed E-state index contributed by atoms with van der Waals surface area (Å²) in [6.07, 6.45) is 8.45. The van der Waals surface area contributed by atoms with Crippen molar-refractivity contribution in [3.63, 3.8) is 0 Å². The second-order valence-electron chi connectivity index (χ2n) is 4.96. The quantitative estimate of drug-likeness (QED) is 0.736. The maximum atomic E-state index is 12.0. The molecule has 1 saturated carbocycles. The van der Waals surface area contributed by atoms with Crippen LogP contribution >= 0.6 is 0 Å². The van der Waals surface area contributed by atoms with Gasteiger partial charge in [0.15, 0.2) is 5.78 Å². The zero-order valence-electron chi connectivity index (χ0n) is 9.43. The van der Waals surface area contributed by atoms with Crippen LogP contribution in [0, 0.1) is 5.92 Å². The van der Waals surface area contributed by atoms with Crippen LogP contribution in [-0.2, 0) is 4.79 Å². The summed E-state index contributed by atoms with van der Waals surface area (Å²) in [5.74, 6) is 0.789. The lowest BCUT2D eigenvalue weighted by Crippen LogP contribution is -2.56. The summed E-state index contributed by atoms with van der Waals surface area (Å²) in [5.41, 5.74) is 5.31. The molecule has 0 spiro atoms. The zero-order chi connectivity index (χ0) is 10.7. The van der Waals surface area contributed by atoms with Crippen LogP contribution in [-0.4, -0.2) is 24.4 Å². The molecular formula is C12H22N2O. The minimum Gasteiger partial charge on any atom is -0.324 e. The van der Waals surface area contributed by atoms with Crippen molar-refractivity contribution < 1.29 is 4.79 Å². The molecule has 0 aromatic carbocycles. The number of hydrogen-bond donors (Lipinski definition) is 2. The Balaban J connectivity index is 2.13. The summed E-state index contributed by atoms with van der Waals surface area (Å²) in [4.78, 5) is 12.0. The molecule has 1 aliphatic carbocycles. The van der Waals surface area contributed by atoms with E-state index >= 15 is 0 Å². The number of rotatable bonds is 3. The van der Waals surface area contributed by atoms with E-state index in [0.717, 1.165) is 19.4 Å². The molecule has 3 N–H and O–H groups in total. The van der Waals surface area contributed by atoms with Gasteiger partial charge in [0, 0.05) is 0 Å². The van der Waals surface area contributed by atoms with Gasteiger partial charge in [0.05, 0.1) is 12.1 Å². The number of hydrogen-bond acceptors (Lipinski definition) is 3. The molecule has 1 heterocycles. The maximum Gasteiger partial charge on any atom is 0.166 e. The average molecular weight is 210 g/mol. The highest BCUT2D eigenvalue weighted by Crippen LogP contribution is 2.38. The van der Waals surface area contributed by atoms with Gasteiger partial charge in [0.25, 0.3) is 0 Å². The van der Waals surface area contributed by atoms with Crippen molar-refractivity contribution in [1.29, 1.82) is 0 Å². The van der Waals surface area contributed by atoms with E-state index < -0.39 is 0 Å². The van der Waals surface area contributed by atoms with Gasteiger partial charge in [-0.3, -0.25) is 4.79 Å². The predicted octanol–water partition coefficient (Wildman–Crippen LogP) is 1.22. The topological polar surface area (TPSA) is 55.1 Å². The minimum atomic E-state index is -0.241. The number of ketones is 1. The van der Waals surface area contributed by atoms with E-state index in [4.69, 9.17) is 5.73 Å². The van der Waals surface area contributed by atoms with Crippen molar-refractivity contribution in [2.45, 2.75) is 50.5 Å². The zero-order valence-corrected chi connectivity index (χ0v) is 9.43. The summed E-state index contributed by atoms with van der Waals surface area (Å²) in [5, 5.41) is 3.46. The number of nitrogens with two attached hydrogens (primary N) is 1. The fourth-order valence-electron chi connectivity index (χ4n) is 3.36. The molecule has 2 fully saturated rings. The summed E-state index contributed by atoms with van der Waals surface area (Å²) in [7, 11) is 0. The summed E-state index contributed by atoms with van der Waals surface area (Å²) in [6.45, 7) is 1.19. The molecule has 1 aliphatic heterocycles. The number of nitrogens with one attached hydrogen (secondary N) is 1. The van der Waals surface area contributed by atoms with Gasteiger partial charge in [0.1, 0.15) is 0 Å². The molecule has 0 radical (unpaired) electrons. The van der Waals surface area contributed by atoms with Crippen LogP contribution in [0.5, 0.6) is 0 Å². The SMILES string of the molecule is NCC(=O)C1(C2CCCCC2)CCCN1. The molecule has 15 heavy (non-hydrogen) atoms. The van der Waals surface area contributed by atoms with E-state index in [1.54, 1.807) is 0 Å². The lowest BCUT2D eigenvalue weighted by Gasteiger charge is -2.38. The summed E-state index contributed by atoms with van der Waals surface area (Å²) in [6, 6.07) is 0. The lowest BCUT2D eigenvalue weighted by atomic mass is 9.71. The molecule has 2 aliphatic rings. The first-order valence-electron chi connectivity index (χ1n) is 6.28. The molecule has 3 nitrogen and oxygen atoms in total. The highest BCUT2D eigenvalue weighted by atomic mass is 16.1. The van der Waals surface area contributed by atoms with Crippen LogP contribution in [0.3, 0.4) is 0 Å². The molecular weight excluding hydrogens is 188 g/mol. The van der Waals surface area contributed by atoms with Crippen LogP contribution in [0.25, 0.3) is 0 Å². The standard InChI is InChI=1S/C12H22N2O/c13-9-11(15)12(7-4-8-14-12)10-5-2-1-3-6-10/h10,14H,1-9,13H2. The van der Waals surface area contributed by atoms with Gasteiger partial charge in [-0.15, -0.1) is 0 Å². The van der Waals surface area contributed by atoms with Gasteiger partial charge in [-0.25, -0.2) is 0 Å². The first-order chi connectivity index (χ1) is 7.29. The van der Waals surface area contributed by atoms with E-state index in [2.05, 4.69) is 5.32 Å². The van der Waals surface area contributed by atoms with Gasteiger partial charge >= 0.3 is 0 Å². The molecule has 1 atom stereocenters. The fourth-order valence-corrected chi connectivity index (χ4v) is 3.36. The first-order valence-corrected chi connectivity index (χ1v) is 6.28. The molecule has 3 heteroatoms. The van der Waals surface area contributed by atoms with Gasteiger partial charge in [0.2, 0.25) is 0 Å². The van der Waals surface area contributed by atoms with Crippen LogP contribution in [0.2, 0.25) is 0 Å². The Bertz CT molecular complexity index is 228. The van der Waals surface area contributed by atoms with Gasteiger partial charge in [-0.05, 0) is 38.1 Å². The Morgan fingerprint density at radius 3 is 2.53 bits per heavy atom. The Morgan fingerprint density at radius 1 is 1.27 bits per heavy atom. The third-order valence-electron chi connectivity index (χ3n) is 4.17. The third kappa shape index (κ3) is 1.95. The normalized spacial score (nSPS) is 33.1. The van der Waals surface area contributed by atoms with Crippen LogP contribution in [0.15, 0.2) is 0 Å². The lowest BCUT2D eigenvalue weighted by molar-refractivity contribution is -0.126. The highest BCUT2D eigenvalue weighted by Gasteiger charge is 2.46. The molecule has 0 bridgehead atoms. The molecule has 0 aromatic heterocycles. The largest absolute Gasteiger partial charge is 0.324 e. The monoisotopic (exact) mass is 210 g/mol. The molecule has 1 saturated heterocycles. The van der Waals surface area contributed by atoms with E-state index in [-0.39, 0.29) is 17.9 Å². The van der Waals surface area contributed by atoms with Gasteiger partial charge < -0.3 is 11.1 Å². The first kappa shape index (κ1) is 11.1. The van der Waals surface area contributed by atoms with Crippen molar-refractivity contribution in [1.82, 2.24) is 5.32 Å². The molecule has 86 valence electrons.